The maximum Gasteiger partial charge on any atom is 0.317 e. The van der Waals surface area contributed by atoms with Crippen molar-refractivity contribution in [1.29, 1.82) is 0 Å². The molecule has 2 fully saturated rings. The molecule has 0 bridgehead atoms. The van der Waals surface area contributed by atoms with Crippen LogP contribution in [-0.4, -0.2) is 67.3 Å². The predicted molar refractivity (Wildman–Crippen MR) is 90.6 cm³/mol. The van der Waals surface area contributed by atoms with E-state index in [1.54, 1.807) is 22.4 Å². The Morgan fingerprint density at radius 3 is 2.87 bits per heavy atom. The number of nitrogens with one attached hydrogen (secondary N) is 1. The number of carbonyl (C=O) groups excluding carboxylic acids is 1. The molecule has 23 heavy (non-hydrogen) atoms. The number of amides is 2. The zero-order chi connectivity index (χ0) is 16.3. The van der Waals surface area contributed by atoms with Crippen LogP contribution in [0.3, 0.4) is 0 Å². The van der Waals surface area contributed by atoms with Crippen molar-refractivity contribution in [1.82, 2.24) is 20.1 Å². The first-order valence-corrected chi connectivity index (χ1v) is 9.18. The number of hydrogen-bond donors (Lipinski definition) is 1. The van der Waals surface area contributed by atoms with E-state index in [0.29, 0.717) is 0 Å². The number of morpholine rings is 1. The summed E-state index contributed by atoms with van der Waals surface area (Å²) >= 11 is 1.58. The van der Waals surface area contributed by atoms with Crippen molar-refractivity contribution in [3.63, 3.8) is 0 Å². The highest BCUT2D eigenvalue weighted by Gasteiger charge is 2.44. The van der Waals surface area contributed by atoms with Crippen LogP contribution in [0.15, 0.2) is 11.6 Å². The lowest BCUT2D eigenvalue weighted by Crippen LogP contribution is -2.45. The summed E-state index contributed by atoms with van der Waals surface area (Å²) in [6.45, 7) is 7.53. The second kappa shape index (κ2) is 7.15. The zero-order valence-corrected chi connectivity index (χ0v) is 14.8. The Balaban J connectivity index is 1.46. The summed E-state index contributed by atoms with van der Waals surface area (Å²) in [5.41, 5.74) is 0.276. The number of nitrogens with zero attached hydrogens (tertiary/aromatic N) is 3. The Labute approximate surface area is 141 Å². The molecule has 0 aromatic carbocycles. The minimum atomic E-state index is -0.0130. The van der Waals surface area contributed by atoms with Crippen LogP contribution in [0.2, 0.25) is 0 Å². The highest BCUT2D eigenvalue weighted by Crippen LogP contribution is 2.45. The van der Waals surface area contributed by atoms with Gasteiger partial charge in [-0.2, -0.15) is 0 Å². The summed E-state index contributed by atoms with van der Waals surface area (Å²) in [6.07, 6.45) is 4.19. The number of urea groups is 1. The average Bonchev–Trinajstić information content (AvgIpc) is 3.11. The third-order valence-electron chi connectivity index (χ3n) is 4.94. The lowest BCUT2D eigenvalue weighted by atomic mass is 10.1. The van der Waals surface area contributed by atoms with Crippen molar-refractivity contribution >= 4 is 17.4 Å². The Hall–Kier alpha value is -1.18. The van der Waals surface area contributed by atoms with Gasteiger partial charge >= 0.3 is 6.03 Å². The van der Waals surface area contributed by atoms with E-state index in [9.17, 15) is 4.79 Å². The summed E-state index contributed by atoms with van der Waals surface area (Å²) in [7, 11) is 1.84. The van der Waals surface area contributed by atoms with Gasteiger partial charge in [-0.15, -0.1) is 11.3 Å². The molecule has 7 heteroatoms. The molecule has 0 radical (unpaired) electrons. The van der Waals surface area contributed by atoms with Crippen LogP contribution in [0.5, 0.6) is 0 Å². The van der Waals surface area contributed by atoms with E-state index in [0.717, 1.165) is 44.4 Å². The first kappa shape index (κ1) is 16.7. The van der Waals surface area contributed by atoms with Crippen LogP contribution >= 0.6 is 11.3 Å². The Bertz CT molecular complexity index is 512. The van der Waals surface area contributed by atoms with Gasteiger partial charge in [0, 0.05) is 50.2 Å². The van der Waals surface area contributed by atoms with Gasteiger partial charge in [0.1, 0.15) is 5.01 Å². The molecular weight excluding hydrogens is 312 g/mol. The normalized spacial score (nSPS) is 21.7. The molecule has 0 unspecified atom stereocenters. The Morgan fingerprint density at radius 1 is 1.52 bits per heavy atom. The van der Waals surface area contributed by atoms with E-state index in [2.05, 4.69) is 15.2 Å². The minimum absolute atomic E-state index is 0.00407. The van der Waals surface area contributed by atoms with Crippen molar-refractivity contribution in [2.45, 2.75) is 25.8 Å². The third kappa shape index (κ3) is 4.22. The van der Waals surface area contributed by atoms with Crippen LogP contribution in [0.1, 0.15) is 30.8 Å². The fourth-order valence-corrected chi connectivity index (χ4v) is 3.71. The fraction of sp³-hybridized carbons (Fsp3) is 0.750. The first-order valence-electron chi connectivity index (χ1n) is 8.30. The van der Waals surface area contributed by atoms with Crippen molar-refractivity contribution in [3.8, 4) is 0 Å². The van der Waals surface area contributed by atoms with Crippen LogP contribution in [0, 0.1) is 5.41 Å². The molecule has 1 N–H and O–H groups in total. The predicted octanol–water partition coefficient (Wildman–Crippen LogP) is 1.96. The smallest absolute Gasteiger partial charge is 0.317 e. The van der Waals surface area contributed by atoms with Gasteiger partial charge in [0.15, 0.2) is 0 Å². The highest BCUT2D eigenvalue weighted by molar-refractivity contribution is 7.09. The molecule has 3 rings (SSSR count). The molecule has 2 heterocycles. The number of hydrogen-bond acceptors (Lipinski definition) is 5. The molecule has 2 amide bonds. The van der Waals surface area contributed by atoms with Crippen molar-refractivity contribution in [2.24, 2.45) is 5.41 Å². The van der Waals surface area contributed by atoms with E-state index in [1.165, 1.54) is 12.8 Å². The van der Waals surface area contributed by atoms with E-state index in [4.69, 9.17) is 4.74 Å². The number of ether oxygens (including phenoxy) is 1. The lowest BCUT2D eigenvalue weighted by Gasteiger charge is -2.31. The number of thiazole rings is 1. The molecule has 0 spiro atoms. The molecular formula is C16H26N4O2S. The van der Waals surface area contributed by atoms with E-state index in [-0.39, 0.29) is 17.5 Å². The quantitative estimate of drug-likeness (QED) is 0.861. The van der Waals surface area contributed by atoms with Crippen LogP contribution in [0.25, 0.3) is 0 Å². The van der Waals surface area contributed by atoms with Crippen LogP contribution in [0.4, 0.5) is 4.79 Å². The molecule has 1 aromatic rings. The average molecular weight is 338 g/mol. The summed E-state index contributed by atoms with van der Waals surface area (Å²) in [5.74, 6) is 0. The number of aromatic nitrogens is 1. The molecule has 1 aromatic heterocycles. The molecule has 6 nitrogen and oxygen atoms in total. The SMILES string of the molecule is C[C@H](c1nccs1)N(C)C(=O)NCC1(CN2CCOCC2)CC1. The second-order valence-electron chi connectivity index (χ2n) is 6.70. The number of carbonyl (C=O) groups is 1. The Morgan fingerprint density at radius 2 is 2.26 bits per heavy atom. The monoisotopic (exact) mass is 338 g/mol. The van der Waals surface area contributed by atoms with E-state index in [1.807, 2.05) is 19.4 Å². The van der Waals surface area contributed by atoms with Crippen LogP contribution in [-0.2, 0) is 4.74 Å². The van der Waals surface area contributed by atoms with Gasteiger partial charge in [-0.05, 0) is 19.8 Å². The fourth-order valence-electron chi connectivity index (χ4n) is 2.97. The largest absolute Gasteiger partial charge is 0.379 e. The van der Waals surface area contributed by atoms with Gasteiger partial charge in [0.25, 0.3) is 0 Å². The topological polar surface area (TPSA) is 57.7 Å². The summed E-state index contributed by atoms with van der Waals surface area (Å²) in [4.78, 5) is 20.9. The summed E-state index contributed by atoms with van der Waals surface area (Å²) in [6, 6.07) is -0.00894. The highest BCUT2D eigenvalue weighted by atomic mass is 32.1. The van der Waals surface area contributed by atoms with Gasteiger partial charge in [-0.3, -0.25) is 4.90 Å². The van der Waals surface area contributed by atoms with Gasteiger partial charge in [0.2, 0.25) is 0 Å². The van der Waals surface area contributed by atoms with Crippen LogP contribution < -0.4 is 5.32 Å². The molecule has 1 saturated heterocycles. The third-order valence-corrected chi connectivity index (χ3v) is 5.89. The maximum atomic E-state index is 12.4. The van der Waals surface area contributed by atoms with Gasteiger partial charge in [-0.25, -0.2) is 9.78 Å². The molecule has 128 valence electrons. The van der Waals surface area contributed by atoms with Gasteiger partial charge < -0.3 is 15.0 Å². The molecule has 1 aliphatic heterocycles. The first-order chi connectivity index (χ1) is 11.1. The standard InChI is InChI=1S/C16H26N4O2S/c1-13(14-17-5-10-23-14)19(2)15(21)18-11-16(3-4-16)12-20-6-8-22-9-7-20/h5,10,13H,3-4,6-9,11-12H2,1-2H3,(H,18,21)/t13-/m1/s1. The number of rotatable bonds is 6. The molecule has 1 aliphatic carbocycles. The minimum Gasteiger partial charge on any atom is -0.379 e. The lowest BCUT2D eigenvalue weighted by molar-refractivity contribution is 0.0284. The Kier molecular flexibility index (Phi) is 5.18. The van der Waals surface area contributed by atoms with Crippen molar-refractivity contribution < 1.29 is 9.53 Å². The van der Waals surface area contributed by atoms with Crippen molar-refractivity contribution in [2.75, 3.05) is 46.4 Å². The van der Waals surface area contributed by atoms with Gasteiger partial charge in [0.05, 0.1) is 19.3 Å². The molecule has 2 aliphatic rings. The maximum absolute atomic E-state index is 12.4. The zero-order valence-electron chi connectivity index (χ0n) is 14.0. The molecule has 1 atom stereocenters. The van der Waals surface area contributed by atoms with E-state index < -0.39 is 0 Å². The van der Waals surface area contributed by atoms with Crippen molar-refractivity contribution in [3.05, 3.63) is 16.6 Å². The summed E-state index contributed by atoms with van der Waals surface area (Å²) in [5, 5.41) is 6.04. The summed E-state index contributed by atoms with van der Waals surface area (Å²) < 4.78 is 5.40. The second-order valence-corrected chi connectivity index (χ2v) is 7.63. The van der Waals surface area contributed by atoms with Gasteiger partial charge in [-0.1, -0.05) is 0 Å². The molecule has 1 saturated carbocycles. The van der Waals surface area contributed by atoms with E-state index >= 15 is 0 Å².